The third kappa shape index (κ3) is 3.70. The van der Waals surface area contributed by atoms with E-state index in [4.69, 9.17) is 27.9 Å². The van der Waals surface area contributed by atoms with Crippen molar-refractivity contribution in [3.63, 3.8) is 0 Å². The van der Waals surface area contributed by atoms with Crippen LogP contribution >= 0.6 is 23.2 Å². The van der Waals surface area contributed by atoms with Crippen LogP contribution in [0.1, 0.15) is 30.5 Å². The quantitative estimate of drug-likeness (QED) is 0.799. The molecule has 2 nitrogen and oxygen atoms in total. The fraction of sp³-hybridized carbons (Fsp3) is 0.294. The highest BCUT2D eigenvalue weighted by Crippen LogP contribution is 2.37. The van der Waals surface area contributed by atoms with Crippen molar-refractivity contribution in [3.8, 4) is 5.75 Å². The number of methoxy groups -OCH3 is 1. The van der Waals surface area contributed by atoms with Crippen molar-refractivity contribution in [3.05, 3.63) is 63.6 Å². The molecule has 1 N–H and O–H groups in total. The molecular weight excluding hydrogens is 305 g/mol. The molecule has 112 valence electrons. The van der Waals surface area contributed by atoms with E-state index in [1.807, 2.05) is 42.5 Å². The summed E-state index contributed by atoms with van der Waals surface area (Å²) in [5.41, 5.74) is 1.92. The van der Waals surface area contributed by atoms with Crippen molar-refractivity contribution in [1.82, 2.24) is 5.32 Å². The van der Waals surface area contributed by atoms with Crippen molar-refractivity contribution < 1.29 is 4.74 Å². The van der Waals surface area contributed by atoms with Gasteiger partial charge in [-0.25, -0.2) is 0 Å². The van der Waals surface area contributed by atoms with Crippen LogP contribution in [0.2, 0.25) is 10.0 Å². The summed E-state index contributed by atoms with van der Waals surface area (Å²) in [5, 5.41) is 4.82. The van der Waals surface area contributed by atoms with Crippen molar-refractivity contribution in [2.45, 2.75) is 19.4 Å². The Hall–Kier alpha value is -1.22. The minimum Gasteiger partial charge on any atom is -0.496 e. The van der Waals surface area contributed by atoms with E-state index in [9.17, 15) is 0 Å². The lowest BCUT2D eigenvalue weighted by Gasteiger charge is -2.23. The molecule has 0 fully saturated rings. The zero-order valence-corrected chi connectivity index (χ0v) is 13.7. The van der Waals surface area contributed by atoms with Gasteiger partial charge in [-0.1, -0.05) is 54.4 Å². The monoisotopic (exact) mass is 323 g/mol. The second-order valence-corrected chi connectivity index (χ2v) is 5.58. The molecule has 0 aliphatic carbocycles. The van der Waals surface area contributed by atoms with Crippen molar-refractivity contribution in [2.75, 3.05) is 13.7 Å². The number of hydrogen-bond donors (Lipinski definition) is 1. The highest BCUT2D eigenvalue weighted by molar-refractivity contribution is 6.36. The largest absolute Gasteiger partial charge is 0.496 e. The number of benzene rings is 2. The van der Waals surface area contributed by atoms with Gasteiger partial charge in [-0.3, -0.25) is 0 Å². The molecule has 1 atom stereocenters. The molecule has 0 saturated heterocycles. The highest BCUT2D eigenvalue weighted by atomic mass is 35.5. The first kappa shape index (κ1) is 16.2. The lowest BCUT2D eigenvalue weighted by Crippen LogP contribution is -2.24. The summed E-state index contributed by atoms with van der Waals surface area (Å²) < 4.78 is 5.48. The summed E-state index contributed by atoms with van der Waals surface area (Å²) in [6.45, 7) is 2.99. The van der Waals surface area contributed by atoms with Gasteiger partial charge in [0.2, 0.25) is 0 Å². The molecule has 0 heterocycles. The van der Waals surface area contributed by atoms with Gasteiger partial charge in [-0.2, -0.15) is 0 Å². The molecule has 21 heavy (non-hydrogen) atoms. The first-order chi connectivity index (χ1) is 10.2. The van der Waals surface area contributed by atoms with Gasteiger partial charge >= 0.3 is 0 Å². The number of para-hydroxylation sites is 1. The maximum Gasteiger partial charge on any atom is 0.123 e. The maximum atomic E-state index is 6.38. The van der Waals surface area contributed by atoms with E-state index in [1.54, 1.807) is 7.11 Å². The predicted molar refractivity (Wildman–Crippen MR) is 89.6 cm³/mol. The molecule has 2 aromatic carbocycles. The summed E-state index contributed by atoms with van der Waals surface area (Å²) in [4.78, 5) is 0. The normalized spacial score (nSPS) is 12.2. The smallest absolute Gasteiger partial charge is 0.123 e. The molecule has 0 spiro atoms. The molecule has 2 aromatic rings. The molecular formula is C17H19Cl2NO. The van der Waals surface area contributed by atoms with E-state index >= 15 is 0 Å². The van der Waals surface area contributed by atoms with Crippen LogP contribution in [0.15, 0.2) is 42.5 Å². The first-order valence-electron chi connectivity index (χ1n) is 6.99. The summed E-state index contributed by atoms with van der Waals surface area (Å²) in [6.07, 6.45) is 1.02. The SMILES string of the molecule is CCCNC(c1ccccc1OC)c1c(Cl)cccc1Cl. The van der Waals surface area contributed by atoms with Gasteiger partial charge in [0, 0.05) is 21.2 Å². The number of hydrogen-bond acceptors (Lipinski definition) is 2. The van der Waals surface area contributed by atoms with Gasteiger partial charge in [0.25, 0.3) is 0 Å². The number of ether oxygens (including phenoxy) is 1. The Kier molecular flexibility index (Phi) is 5.92. The van der Waals surface area contributed by atoms with E-state index in [1.165, 1.54) is 0 Å². The Labute approximate surface area is 136 Å². The van der Waals surface area contributed by atoms with Gasteiger partial charge in [0.05, 0.1) is 13.2 Å². The zero-order chi connectivity index (χ0) is 15.2. The van der Waals surface area contributed by atoms with Crippen LogP contribution in [0.3, 0.4) is 0 Å². The predicted octanol–water partition coefficient (Wildman–Crippen LogP) is 5.09. The maximum absolute atomic E-state index is 6.38. The Morgan fingerprint density at radius 2 is 1.71 bits per heavy atom. The van der Waals surface area contributed by atoms with E-state index < -0.39 is 0 Å². The van der Waals surface area contributed by atoms with Gasteiger partial charge in [0.15, 0.2) is 0 Å². The molecule has 0 amide bonds. The summed E-state index contributed by atoms with van der Waals surface area (Å²) in [7, 11) is 1.67. The molecule has 0 aromatic heterocycles. The van der Waals surface area contributed by atoms with Crippen molar-refractivity contribution >= 4 is 23.2 Å². The Morgan fingerprint density at radius 1 is 1.05 bits per heavy atom. The molecule has 2 rings (SSSR count). The zero-order valence-electron chi connectivity index (χ0n) is 12.2. The van der Waals surface area contributed by atoms with E-state index in [0.717, 1.165) is 29.8 Å². The Balaban J connectivity index is 2.53. The van der Waals surface area contributed by atoms with Crippen LogP contribution in [0, 0.1) is 0 Å². The van der Waals surface area contributed by atoms with Gasteiger partial charge in [-0.05, 0) is 31.2 Å². The Bertz CT molecular complexity index is 581. The van der Waals surface area contributed by atoms with Crippen molar-refractivity contribution in [2.24, 2.45) is 0 Å². The number of nitrogens with one attached hydrogen (secondary N) is 1. The number of halogens is 2. The van der Waals surface area contributed by atoms with E-state index in [0.29, 0.717) is 10.0 Å². The second kappa shape index (κ2) is 7.69. The third-order valence-electron chi connectivity index (χ3n) is 3.34. The summed E-state index contributed by atoms with van der Waals surface area (Å²) in [6, 6.07) is 13.4. The highest BCUT2D eigenvalue weighted by Gasteiger charge is 2.22. The van der Waals surface area contributed by atoms with Gasteiger partial charge in [-0.15, -0.1) is 0 Å². The van der Waals surface area contributed by atoms with Crippen LogP contribution in [0.5, 0.6) is 5.75 Å². The lowest BCUT2D eigenvalue weighted by atomic mass is 9.97. The first-order valence-corrected chi connectivity index (χ1v) is 7.74. The Morgan fingerprint density at radius 3 is 2.33 bits per heavy atom. The van der Waals surface area contributed by atoms with Crippen LogP contribution < -0.4 is 10.1 Å². The molecule has 0 bridgehead atoms. The van der Waals surface area contributed by atoms with Crippen LogP contribution in [0.4, 0.5) is 0 Å². The molecule has 0 aliphatic rings. The average Bonchev–Trinajstić information content (AvgIpc) is 2.50. The topological polar surface area (TPSA) is 21.3 Å². The second-order valence-electron chi connectivity index (χ2n) is 4.76. The standard InChI is InChI=1S/C17H19Cl2NO/c1-3-11-20-17(12-7-4-5-10-15(12)21-2)16-13(18)8-6-9-14(16)19/h4-10,17,20H,3,11H2,1-2H3. The van der Waals surface area contributed by atoms with E-state index in [-0.39, 0.29) is 6.04 Å². The van der Waals surface area contributed by atoms with Crippen LogP contribution in [-0.4, -0.2) is 13.7 Å². The summed E-state index contributed by atoms with van der Waals surface area (Å²) >= 11 is 12.8. The van der Waals surface area contributed by atoms with Crippen LogP contribution in [-0.2, 0) is 0 Å². The minimum absolute atomic E-state index is 0.0951. The van der Waals surface area contributed by atoms with E-state index in [2.05, 4.69) is 12.2 Å². The fourth-order valence-corrected chi connectivity index (χ4v) is 2.96. The average molecular weight is 324 g/mol. The molecule has 0 aliphatic heterocycles. The molecule has 0 radical (unpaired) electrons. The fourth-order valence-electron chi connectivity index (χ4n) is 2.35. The van der Waals surface area contributed by atoms with Gasteiger partial charge < -0.3 is 10.1 Å². The molecule has 0 saturated carbocycles. The van der Waals surface area contributed by atoms with Crippen LogP contribution in [0.25, 0.3) is 0 Å². The minimum atomic E-state index is -0.0951. The van der Waals surface area contributed by atoms with Gasteiger partial charge in [0.1, 0.15) is 5.75 Å². The molecule has 1 unspecified atom stereocenters. The lowest BCUT2D eigenvalue weighted by molar-refractivity contribution is 0.404. The van der Waals surface area contributed by atoms with Crippen molar-refractivity contribution in [1.29, 1.82) is 0 Å². The molecule has 4 heteroatoms. The summed E-state index contributed by atoms with van der Waals surface area (Å²) in [5.74, 6) is 0.821. The number of rotatable bonds is 6. The third-order valence-corrected chi connectivity index (χ3v) is 4.00.